The van der Waals surface area contributed by atoms with Crippen LogP contribution in [0.2, 0.25) is 5.02 Å². The minimum absolute atomic E-state index is 0.129. The van der Waals surface area contributed by atoms with Gasteiger partial charge in [0.05, 0.1) is 6.04 Å². The van der Waals surface area contributed by atoms with Crippen LogP contribution in [-0.4, -0.2) is 11.7 Å². The highest BCUT2D eigenvalue weighted by molar-refractivity contribution is 7.99. The normalized spacial score (nSPS) is 18.6. The number of halogens is 1. The highest BCUT2D eigenvalue weighted by atomic mass is 35.5. The summed E-state index contributed by atoms with van der Waals surface area (Å²) in [5, 5.41) is 3.83. The van der Waals surface area contributed by atoms with Crippen LogP contribution in [0.15, 0.2) is 23.1 Å². The number of hydrogen-bond donors (Lipinski definition) is 1. The molecule has 0 fully saturated rings. The monoisotopic (exact) mass is 269 g/mol. The molecular formula is C13H16ClNOS. The number of nitrogens with one attached hydrogen (secondary N) is 1. The lowest BCUT2D eigenvalue weighted by molar-refractivity contribution is -0.121. The van der Waals surface area contributed by atoms with Crippen molar-refractivity contribution in [1.29, 1.82) is 0 Å². The van der Waals surface area contributed by atoms with E-state index < -0.39 is 0 Å². The number of carbonyl (C=O) groups is 1. The van der Waals surface area contributed by atoms with Crippen LogP contribution >= 0.6 is 23.4 Å². The molecule has 0 radical (unpaired) electrons. The average Bonchev–Trinajstić information content (AvgIpc) is 2.30. The summed E-state index contributed by atoms with van der Waals surface area (Å²) in [4.78, 5) is 12.9. The molecule has 1 aromatic carbocycles. The Hall–Kier alpha value is -0.670. The van der Waals surface area contributed by atoms with Gasteiger partial charge in [0.15, 0.2) is 0 Å². The first-order valence-corrected chi connectivity index (χ1v) is 7.28. The summed E-state index contributed by atoms with van der Waals surface area (Å²) in [5.74, 6) is 1.18. The summed E-state index contributed by atoms with van der Waals surface area (Å²) < 4.78 is 0. The van der Waals surface area contributed by atoms with Gasteiger partial charge in [0.1, 0.15) is 0 Å². The number of carbonyl (C=O) groups excluding carboxylic acids is 1. The van der Waals surface area contributed by atoms with Crippen molar-refractivity contribution in [3.63, 3.8) is 0 Å². The molecular weight excluding hydrogens is 254 g/mol. The summed E-state index contributed by atoms with van der Waals surface area (Å²) in [5.41, 5.74) is 1.17. The maximum absolute atomic E-state index is 11.7. The zero-order valence-electron chi connectivity index (χ0n) is 9.83. The molecule has 2 nitrogen and oxygen atoms in total. The molecule has 1 atom stereocenters. The van der Waals surface area contributed by atoms with Crippen molar-refractivity contribution >= 4 is 29.3 Å². The van der Waals surface area contributed by atoms with E-state index in [9.17, 15) is 4.79 Å². The maximum Gasteiger partial charge on any atom is 0.220 e. The van der Waals surface area contributed by atoms with Gasteiger partial charge in [-0.25, -0.2) is 0 Å². The van der Waals surface area contributed by atoms with Gasteiger partial charge in [-0.15, -0.1) is 11.8 Å². The molecule has 92 valence electrons. The van der Waals surface area contributed by atoms with Crippen molar-refractivity contribution in [2.24, 2.45) is 0 Å². The minimum Gasteiger partial charge on any atom is -0.349 e. The van der Waals surface area contributed by atoms with Gasteiger partial charge < -0.3 is 5.32 Å². The molecule has 1 aliphatic rings. The molecule has 0 unspecified atom stereocenters. The second-order valence-electron chi connectivity index (χ2n) is 4.19. The molecule has 1 aliphatic heterocycles. The van der Waals surface area contributed by atoms with Crippen LogP contribution in [0, 0.1) is 0 Å². The number of hydrogen-bond acceptors (Lipinski definition) is 2. The molecule has 2 rings (SSSR count). The van der Waals surface area contributed by atoms with Gasteiger partial charge >= 0.3 is 0 Å². The molecule has 17 heavy (non-hydrogen) atoms. The number of rotatable bonds is 3. The zero-order valence-corrected chi connectivity index (χ0v) is 11.4. The maximum atomic E-state index is 11.7. The van der Waals surface area contributed by atoms with E-state index >= 15 is 0 Å². The van der Waals surface area contributed by atoms with Crippen molar-refractivity contribution in [2.75, 3.05) is 5.75 Å². The molecule has 4 heteroatoms. The molecule has 0 saturated heterocycles. The van der Waals surface area contributed by atoms with Gasteiger partial charge in [0, 0.05) is 22.1 Å². The van der Waals surface area contributed by atoms with E-state index in [2.05, 4.69) is 5.32 Å². The van der Waals surface area contributed by atoms with Gasteiger partial charge in [-0.2, -0.15) is 0 Å². The topological polar surface area (TPSA) is 29.1 Å². The molecule has 1 N–H and O–H groups in total. The Balaban J connectivity index is 2.16. The quantitative estimate of drug-likeness (QED) is 0.904. The van der Waals surface area contributed by atoms with Crippen LogP contribution in [0.1, 0.15) is 37.8 Å². The zero-order chi connectivity index (χ0) is 12.3. The first-order valence-electron chi connectivity index (χ1n) is 5.92. The Kier molecular flexibility index (Phi) is 4.35. The number of thioether (sulfide) groups is 1. The van der Waals surface area contributed by atoms with E-state index in [1.54, 1.807) is 0 Å². The largest absolute Gasteiger partial charge is 0.349 e. The van der Waals surface area contributed by atoms with Crippen molar-refractivity contribution in [2.45, 2.75) is 37.1 Å². The Morgan fingerprint density at radius 2 is 2.41 bits per heavy atom. The molecule has 0 spiro atoms. The van der Waals surface area contributed by atoms with Crippen LogP contribution in [0.4, 0.5) is 0 Å². The Labute approximate surface area is 111 Å². The smallest absolute Gasteiger partial charge is 0.220 e. The van der Waals surface area contributed by atoms with E-state index in [0.29, 0.717) is 6.42 Å². The number of benzene rings is 1. The lowest BCUT2D eigenvalue weighted by Gasteiger charge is -2.26. The van der Waals surface area contributed by atoms with E-state index in [-0.39, 0.29) is 11.9 Å². The average molecular weight is 270 g/mol. The predicted molar refractivity (Wildman–Crippen MR) is 72.6 cm³/mol. The molecule has 0 aromatic heterocycles. The molecule has 0 bridgehead atoms. The van der Waals surface area contributed by atoms with Gasteiger partial charge in [-0.05, 0) is 36.6 Å². The van der Waals surface area contributed by atoms with Crippen LogP contribution in [0.3, 0.4) is 0 Å². The molecule has 0 saturated carbocycles. The van der Waals surface area contributed by atoms with Crippen LogP contribution in [0.5, 0.6) is 0 Å². The van der Waals surface area contributed by atoms with E-state index in [1.165, 1.54) is 10.5 Å². The highest BCUT2D eigenvalue weighted by Crippen LogP contribution is 2.37. The lowest BCUT2D eigenvalue weighted by atomic mass is 10.0. The Bertz CT molecular complexity index is 422. The number of amides is 1. The number of fused-ring (bicyclic) bond motifs is 1. The van der Waals surface area contributed by atoms with Crippen LogP contribution in [0.25, 0.3) is 0 Å². The second-order valence-corrected chi connectivity index (χ2v) is 5.76. The first kappa shape index (κ1) is 12.8. The third-order valence-electron chi connectivity index (χ3n) is 2.82. The van der Waals surface area contributed by atoms with Crippen molar-refractivity contribution in [1.82, 2.24) is 5.32 Å². The molecule has 0 aliphatic carbocycles. The van der Waals surface area contributed by atoms with E-state index in [0.717, 1.165) is 23.6 Å². The lowest BCUT2D eigenvalue weighted by Crippen LogP contribution is -2.30. The summed E-state index contributed by atoms with van der Waals surface area (Å²) in [6, 6.07) is 6.05. The predicted octanol–water partition coefficient (Wildman–Crippen LogP) is 3.79. The van der Waals surface area contributed by atoms with Crippen LogP contribution < -0.4 is 5.32 Å². The summed E-state index contributed by atoms with van der Waals surface area (Å²) in [6.45, 7) is 2.01. The fraction of sp³-hybridized carbons (Fsp3) is 0.462. The minimum atomic E-state index is 0.129. The second kappa shape index (κ2) is 5.78. The van der Waals surface area contributed by atoms with E-state index in [4.69, 9.17) is 11.6 Å². The SMILES string of the molecule is CCCC(=O)N[C@H]1CCSc2ccc(Cl)cc21. The van der Waals surface area contributed by atoms with Gasteiger partial charge in [-0.3, -0.25) is 4.79 Å². The summed E-state index contributed by atoms with van der Waals surface area (Å²) in [7, 11) is 0. The summed E-state index contributed by atoms with van der Waals surface area (Å²) >= 11 is 7.85. The van der Waals surface area contributed by atoms with Crippen molar-refractivity contribution in [3.8, 4) is 0 Å². The fourth-order valence-corrected chi connectivity index (χ4v) is 3.29. The Morgan fingerprint density at radius 3 is 3.18 bits per heavy atom. The van der Waals surface area contributed by atoms with Gasteiger partial charge in [0.25, 0.3) is 0 Å². The summed E-state index contributed by atoms with van der Waals surface area (Å²) in [6.07, 6.45) is 2.46. The van der Waals surface area contributed by atoms with Gasteiger partial charge in [-0.1, -0.05) is 18.5 Å². The van der Waals surface area contributed by atoms with Crippen molar-refractivity contribution < 1.29 is 4.79 Å². The van der Waals surface area contributed by atoms with Crippen LogP contribution in [-0.2, 0) is 4.79 Å². The molecule has 1 amide bonds. The highest BCUT2D eigenvalue weighted by Gasteiger charge is 2.22. The Morgan fingerprint density at radius 1 is 1.59 bits per heavy atom. The molecule has 1 aromatic rings. The van der Waals surface area contributed by atoms with Crippen molar-refractivity contribution in [3.05, 3.63) is 28.8 Å². The third-order valence-corrected chi connectivity index (χ3v) is 4.18. The van der Waals surface area contributed by atoms with Gasteiger partial charge in [0.2, 0.25) is 5.91 Å². The molecule has 1 heterocycles. The first-order chi connectivity index (χ1) is 8.20. The fourth-order valence-electron chi connectivity index (χ4n) is 2.01. The van der Waals surface area contributed by atoms with E-state index in [1.807, 2.05) is 36.9 Å². The third kappa shape index (κ3) is 3.17. The standard InChI is InChI=1S/C13H16ClNOS/c1-2-3-13(16)15-11-6-7-17-12-5-4-9(14)8-10(11)12/h4-5,8,11H,2-3,6-7H2,1H3,(H,15,16)/t11-/m0/s1.